The van der Waals surface area contributed by atoms with Gasteiger partial charge in [-0.25, -0.2) is 0 Å². The van der Waals surface area contributed by atoms with E-state index in [1.54, 1.807) is 0 Å². The third-order valence-electron chi connectivity index (χ3n) is 2.73. The fourth-order valence-corrected chi connectivity index (χ4v) is 2.36. The molecule has 2 rings (SSSR count). The van der Waals surface area contributed by atoms with E-state index < -0.39 is 0 Å². The Kier molecular flexibility index (Phi) is 4.21. The van der Waals surface area contributed by atoms with Gasteiger partial charge in [-0.3, -0.25) is 0 Å². The Morgan fingerprint density at radius 1 is 0.750 bits per heavy atom. The molecule has 0 N–H and O–H groups in total. The number of hydrogen-bond donors (Lipinski definition) is 0. The van der Waals surface area contributed by atoms with Crippen LogP contribution in [0.15, 0.2) is 54.6 Å². The van der Waals surface area contributed by atoms with Crippen molar-refractivity contribution in [2.45, 2.75) is 19.3 Å². The van der Waals surface area contributed by atoms with Gasteiger partial charge >= 0.3 is 105 Å². The third kappa shape index (κ3) is 3.23. The third-order valence-corrected chi connectivity index (χ3v) is 3.56. The van der Waals surface area contributed by atoms with E-state index in [4.69, 9.17) is 0 Å². The summed E-state index contributed by atoms with van der Waals surface area (Å²) in [4.78, 5) is 0. The molecule has 81 valence electrons. The molecule has 0 aromatic heterocycles. The van der Waals surface area contributed by atoms with Crippen molar-refractivity contribution < 1.29 is 0 Å². The molecule has 1 radical (unpaired) electrons. The Morgan fingerprint density at radius 3 is 2.19 bits per heavy atom. The van der Waals surface area contributed by atoms with Crippen molar-refractivity contribution in [1.29, 1.82) is 0 Å². The Labute approximate surface area is 106 Å². The molecule has 0 saturated heterocycles. The molecule has 0 unspecified atom stereocenters. The van der Waals surface area contributed by atoms with E-state index in [-0.39, 0.29) is 0 Å². The molecule has 0 amide bonds. The molecule has 0 fully saturated rings. The average Bonchev–Trinajstić information content (AvgIpc) is 2.33. The van der Waals surface area contributed by atoms with Gasteiger partial charge in [0.25, 0.3) is 0 Å². The van der Waals surface area contributed by atoms with Gasteiger partial charge in [0.2, 0.25) is 0 Å². The number of aryl methyl sites for hydroxylation is 2. The standard InChI is InChI=1S/C15H15Se/c16-15-12-5-4-10-14(15)11-6-9-13-7-2-1-3-8-13/h1-5,7-8,10,12H,6,9,11H2. The molecule has 0 heterocycles. The van der Waals surface area contributed by atoms with Crippen LogP contribution in [0.5, 0.6) is 0 Å². The summed E-state index contributed by atoms with van der Waals surface area (Å²) in [6, 6.07) is 19.2. The van der Waals surface area contributed by atoms with E-state index in [1.165, 1.54) is 22.0 Å². The molecular formula is C15H15Se. The van der Waals surface area contributed by atoms with Crippen LogP contribution in [-0.2, 0) is 12.8 Å². The van der Waals surface area contributed by atoms with Crippen LogP contribution >= 0.6 is 0 Å². The van der Waals surface area contributed by atoms with Gasteiger partial charge in [0.05, 0.1) is 0 Å². The van der Waals surface area contributed by atoms with Gasteiger partial charge < -0.3 is 0 Å². The number of benzene rings is 2. The maximum atomic E-state index is 3.12. The zero-order valence-electron chi connectivity index (χ0n) is 9.23. The monoisotopic (exact) mass is 275 g/mol. The van der Waals surface area contributed by atoms with E-state index in [2.05, 4.69) is 70.6 Å². The molecule has 2 aromatic rings. The Hall–Kier alpha value is -1.04. The summed E-state index contributed by atoms with van der Waals surface area (Å²) in [5.74, 6) is 0. The van der Waals surface area contributed by atoms with Crippen LogP contribution in [0, 0.1) is 0 Å². The van der Waals surface area contributed by atoms with Gasteiger partial charge in [0.15, 0.2) is 0 Å². The summed E-state index contributed by atoms with van der Waals surface area (Å²) in [6.45, 7) is 0. The van der Waals surface area contributed by atoms with Crippen molar-refractivity contribution in [3.63, 3.8) is 0 Å². The fraction of sp³-hybridized carbons (Fsp3) is 0.200. The van der Waals surface area contributed by atoms with Crippen molar-refractivity contribution >= 4 is 20.5 Å². The predicted octanol–water partition coefficient (Wildman–Crippen LogP) is 2.66. The molecule has 0 spiro atoms. The molecule has 0 bridgehead atoms. The quantitative estimate of drug-likeness (QED) is 0.752. The van der Waals surface area contributed by atoms with Gasteiger partial charge in [-0.1, -0.05) is 0 Å². The first-order valence-electron chi connectivity index (χ1n) is 5.65. The Morgan fingerprint density at radius 2 is 1.44 bits per heavy atom. The first-order valence-corrected chi connectivity index (χ1v) is 6.51. The molecule has 16 heavy (non-hydrogen) atoms. The first kappa shape index (κ1) is 11.4. The molecule has 2 aromatic carbocycles. The maximum absolute atomic E-state index is 3.12. The van der Waals surface area contributed by atoms with Crippen LogP contribution in [-0.4, -0.2) is 16.0 Å². The van der Waals surface area contributed by atoms with Gasteiger partial charge in [0, 0.05) is 0 Å². The van der Waals surface area contributed by atoms with Crippen LogP contribution in [0.4, 0.5) is 0 Å². The molecule has 0 aliphatic carbocycles. The fourth-order valence-electron chi connectivity index (χ4n) is 1.84. The minimum atomic E-state index is 1.15. The molecule has 0 aliphatic heterocycles. The molecule has 0 atom stereocenters. The van der Waals surface area contributed by atoms with Crippen LogP contribution in [0.1, 0.15) is 17.5 Å². The van der Waals surface area contributed by atoms with Crippen LogP contribution in [0.3, 0.4) is 0 Å². The van der Waals surface area contributed by atoms with Gasteiger partial charge in [0.1, 0.15) is 0 Å². The Bertz CT molecular complexity index is 434. The SMILES string of the molecule is [Se]c1ccccc1CCCc1ccccc1. The van der Waals surface area contributed by atoms with Gasteiger partial charge in [-0.15, -0.1) is 0 Å². The van der Waals surface area contributed by atoms with E-state index in [0.717, 1.165) is 12.8 Å². The topological polar surface area (TPSA) is 0 Å². The summed E-state index contributed by atoms with van der Waals surface area (Å²) in [5, 5.41) is 0. The second-order valence-corrected chi connectivity index (χ2v) is 4.87. The number of rotatable bonds is 4. The average molecular weight is 274 g/mol. The molecule has 0 nitrogen and oxygen atoms in total. The van der Waals surface area contributed by atoms with E-state index in [9.17, 15) is 0 Å². The zero-order chi connectivity index (χ0) is 11.2. The summed E-state index contributed by atoms with van der Waals surface area (Å²) in [6.07, 6.45) is 3.52. The summed E-state index contributed by atoms with van der Waals surface area (Å²) < 4.78 is 1.29. The van der Waals surface area contributed by atoms with E-state index in [1.807, 2.05) is 0 Å². The summed E-state index contributed by atoms with van der Waals surface area (Å²) in [7, 11) is 0. The summed E-state index contributed by atoms with van der Waals surface area (Å²) in [5.41, 5.74) is 2.86. The zero-order valence-corrected chi connectivity index (χ0v) is 10.9. The Balaban J connectivity index is 1.87. The van der Waals surface area contributed by atoms with Crippen LogP contribution in [0.25, 0.3) is 0 Å². The van der Waals surface area contributed by atoms with Gasteiger partial charge in [-0.2, -0.15) is 0 Å². The van der Waals surface area contributed by atoms with Crippen LogP contribution in [0.2, 0.25) is 0 Å². The normalized spacial score (nSPS) is 10.2. The predicted molar refractivity (Wildman–Crippen MR) is 70.3 cm³/mol. The van der Waals surface area contributed by atoms with Crippen molar-refractivity contribution in [2.24, 2.45) is 0 Å². The number of hydrogen-bond acceptors (Lipinski definition) is 0. The van der Waals surface area contributed by atoms with E-state index >= 15 is 0 Å². The van der Waals surface area contributed by atoms with Crippen molar-refractivity contribution in [2.75, 3.05) is 0 Å². The first-order chi connectivity index (χ1) is 7.86. The molecule has 1 heteroatoms. The second-order valence-electron chi connectivity index (χ2n) is 3.95. The van der Waals surface area contributed by atoms with Crippen molar-refractivity contribution in [3.8, 4) is 0 Å². The molecule has 0 saturated carbocycles. The molecule has 0 aliphatic rings. The molecular weight excluding hydrogens is 259 g/mol. The minimum absolute atomic E-state index is 1.15. The second kappa shape index (κ2) is 5.88. The summed E-state index contributed by atoms with van der Waals surface area (Å²) >= 11 is 3.12. The van der Waals surface area contributed by atoms with Crippen molar-refractivity contribution in [3.05, 3.63) is 65.7 Å². The van der Waals surface area contributed by atoms with Crippen LogP contribution < -0.4 is 4.46 Å². The van der Waals surface area contributed by atoms with E-state index in [0.29, 0.717) is 0 Å². The van der Waals surface area contributed by atoms with Crippen molar-refractivity contribution in [1.82, 2.24) is 0 Å². The van der Waals surface area contributed by atoms with Gasteiger partial charge in [-0.05, 0) is 0 Å².